The summed E-state index contributed by atoms with van der Waals surface area (Å²) in [4.78, 5) is 25.0. The van der Waals surface area contributed by atoms with Gasteiger partial charge in [0.25, 0.3) is 0 Å². The van der Waals surface area contributed by atoms with Gasteiger partial charge in [0.2, 0.25) is 5.91 Å². The van der Waals surface area contributed by atoms with Crippen LogP contribution in [0.2, 0.25) is 5.02 Å². The van der Waals surface area contributed by atoms with Crippen molar-refractivity contribution in [1.82, 2.24) is 14.9 Å². The Morgan fingerprint density at radius 1 is 1.10 bits per heavy atom. The fourth-order valence-corrected chi connectivity index (χ4v) is 4.13. The van der Waals surface area contributed by atoms with Crippen molar-refractivity contribution in [3.8, 4) is 11.3 Å². The molecule has 0 N–H and O–H groups in total. The van der Waals surface area contributed by atoms with Crippen LogP contribution in [0.1, 0.15) is 17.5 Å². The lowest BCUT2D eigenvalue weighted by atomic mass is 10.1. The van der Waals surface area contributed by atoms with Gasteiger partial charge in [-0.15, -0.1) is 0 Å². The Bertz CT molecular complexity index is 1020. The topological polar surface area (TPSA) is 83.5 Å². The number of pyridine rings is 2. The highest BCUT2D eigenvalue weighted by atomic mass is 35.5. The SMILES string of the molecule is Cc1cnc(-c2cc(N3CCN(C(=O)CCS(C)(=O)=O)CC3)ncc2Cl)c(C)c1. The van der Waals surface area contributed by atoms with E-state index in [0.717, 1.165) is 34.5 Å². The highest BCUT2D eigenvalue weighted by molar-refractivity contribution is 7.90. The van der Waals surface area contributed by atoms with Crippen LogP contribution < -0.4 is 4.90 Å². The predicted octanol–water partition coefficient (Wildman–Crippen LogP) is 2.50. The molecule has 156 valence electrons. The van der Waals surface area contributed by atoms with Crippen LogP contribution in [0.25, 0.3) is 11.3 Å². The Morgan fingerprint density at radius 2 is 1.79 bits per heavy atom. The molecule has 1 amide bonds. The normalized spacial score (nSPS) is 14.9. The second-order valence-electron chi connectivity index (χ2n) is 7.45. The predicted molar refractivity (Wildman–Crippen MR) is 115 cm³/mol. The summed E-state index contributed by atoms with van der Waals surface area (Å²) in [5, 5.41) is 0.544. The van der Waals surface area contributed by atoms with Crippen molar-refractivity contribution in [2.75, 3.05) is 43.1 Å². The van der Waals surface area contributed by atoms with E-state index in [9.17, 15) is 13.2 Å². The van der Waals surface area contributed by atoms with Crippen molar-refractivity contribution in [3.63, 3.8) is 0 Å². The third-order valence-electron chi connectivity index (χ3n) is 4.95. The van der Waals surface area contributed by atoms with Crippen molar-refractivity contribution in [2.45, 2.75) is 20.3 Å². The molecule has 3 rings (SSSR count). The molecule has 3 heterocycles. The molecule has 0 radical (unpaired) electrons. The summed E-state index contributed by atoms with van der Waals surface area (Å²) < 4.78 is 22.5. The average molecular weight is 437 g/mol. The number of carbonyl (C=O) groups excluding carboxylic acids is 1. The summed E-state index contributed by atoms with van der Waals surface area (Å²) in [6, 6.07) is 4.01. The molecule has 0 aliphatic carbocycles. The van der Waals surface area contributed by atoms with Gasteiger partial charge in [-0.25, -0.2) is 13.4 Å². The van der Waals surface area contributed by atoms with E-state index in [1.165, 1.54) is 0 Å². The molecular weight excluding hydrogens is 412 g/mol. The molecular formula is C20H25ClN4O3S. The third kappa shape index (κ3) is 5.45. The maximum Gasteiger partial charge on any atom is 0.223 e. The maximum absolute atomic E-state index is 12.2. The smallest absolute Gasteiger partial charge is 0.223 e. The van der Waals surface area contributed by atoms with Gasteiger partial charge >= 0.3 is 0 Å². The summed E-state index contributed by atoms with van der Waals surface area (Å²) in [7, 11) is -3.14. The lowest BCUT2D eigenvalue weighted by Crippen LogP contribution is -2.49. The number of rotatable bonds is 5. The minimum absolute atomic E-state index is 0.0283. The minimum Gasteiger partial charge on any atom is -0.353 e. The number of halogens is 1. The van der Waals surface area contributed by atoms with Gasteiger partial charge in [-0.2, -0.15) is 0 Å². The van der Waals surface area contributed by atoms with Gasteiger partial charge in [0.15, 0.2) is 0 Å². The Balaban J connectivity index is 1.71. The Morgan fingerprint density at radius 3 is 2.41 bits per heavy atom. The first-order valence-electron chi connectivity index (χ1n) is 9.43. The average Bonchev–Trinajstić information content (AvgIpc) is 2.66. The number of hydrogen-bond donors (Lipinski definition) is 0. The number of aryl methyl sites for hydroxylation is 2. The molecule has 0 unspecified atom stereocenters. The monoisotopic (exact) mass is 436 g/mol. The number of anilines is 1. The van der Waals surface area contributed by atoms with E-state index in [2.05, 4.69) is 20.9 Å². The van der Waals surface area contributed by atoms with Gasteiger partial charge in [0.05, 0.1) is 16.5 Å². The highest BCUT2D eigenvalue weighted by Gasteiger charge is 2.23. The molecule has 9 heteroatoms. The van der Waals surface area contributed by atoms with E-state index in [1.807, 2.05) is 26.1 Å². The molecule has 1 fully saturated rings. The van der Waals surface area contributed by atoms with E-state index in [-0.39, 0.29) is 18.1 Å². The highest BCUT2D eigenvalue weighted by Crippen LogP contribution is 2.31. The Hall–Kier alpha value is -2.19. The number of nitrogens with zero attached hydrogens (tertiary/aromatic N) is 4. The first-order chi connectivity index (χ1) is 13.6. The van der Waals surface area contributed by atoms with Crippen LogP contribution in [0.4, 0.5) is 5.82 Å². The van der Waals surface area contributed by atoms with Gasteiger partial charge in [-0.05, 0) is 31.0 Å². The van der Waals surface area contributed by atoms with E-state index < -0.39 is 9.84 Å². The van der Waals surface area contributed by atoms with Gasteiger partial charge in [-0.1, -0.05) is 17.7 Å². The molecule has 0 bridgehead atoms. The van der Waals surface area contributed by atoms with Gasteiger partial charge in [-0.3, -0.25) is 9.78 Å². The van der Waals surface area contributed by atoms with Gasteiger partial charge in [0.1, 0.15) is 15.7 Å². The minimum atomic E-state index is -3.14. The van der Waals surface area contributed by atoms with Crippen LogP contribution >= 0.6 is 11.6 Å². The van der Waals surface area contributed by atoms with Crippen molar-refractivity contribution in [3.05, 3.63) is 40.7 Å². The lowest BCUT2D eigenvalue weighted by Gasteiger charge is -2.35. The summed E-state index contributed by atoms with van der Waals surface area (Å²) >= 11 is 6.39. The molecule has 1 saturated heterocycles. The standard InChI is InChI=1S/C20H25ClN4O3S/c1-14-10-15(2)20(23-12-14)16-11-18(22-13-17(16)21)24-5-7-25(8-6-24)19(26)4-9-29(3,27)28/h10-13H,4-9H2,1-3H3. The number of piperazine rings is 1. The summed E-state index contributed by atoms with van der Waals surface area (Å²) in [5.41, 5.74) is 3.80. The van der Waals surface area contributed by atoms with Crippen LogP contribution in [-0.4, -0.2) is 67.4 Å². The molecule has 0 aromatic carbocycles. The number of aromatic nitrogens is 2. The van der Waals surface area contributed by atoms with Gasteiger partial charge < -0.3 is 9.80 Å². The first-order valence-corrected chi connectivity index (χ1v) is 11.9. The van der Waals surface area contributed by atoms with E-state index in [0.29, 0.717) is 31.2 Å². The Labute approximate surface area is 176 Å². The maximum atomic E-state index is 12.2. The van der Waals surface area contributed by atoms with Crippen molar-refractivity contribution in [1.29, 1.82) is 0 Å². The molecule has 7 nitrogen and oxygen atoms in total. The second kappa shape index (κ2) is 8.67. The van der Waals surface area contributed by atoms with Crippen LogP contribution in [0.15, 0.2) is 24.5 Å². The first kappa shape index (κ1) is 21.5. The summed E-state index contributed by atoms with van der Waals surface area (Å²) in [6.45, 7) is 6.32. The zero-order valence-electron chi connectivity index (χ0n) is 16.9. The Kier molecular flexibility index (Phi) is 6.43. The zero-order chi connectivity index (χ0) is 21.2. The number of sulfone groups is 1. The quantitative estimate of drug-likeness (QED) is 0.716. The largest absolute Gasteiger partial charge is 0.353 e. The molecule has 2 aromatic heterocycles. The summed E-state index contributed by atoms with van der Waals surface area (Å²) in [6.07, 6.45) is 4.63. The molecule has 0 spiro atoms. The molecule has 29 heavy (non-hydrogen) atoms. The van der Waals surface area contributed by atoms with Crippen LogP contribution in [0, 0.1) is 13.8 Å². The zero-order valence-corrected chi connectivity index (χ0v) is 18.4. The summed E-state index contributed by atoms with van der Waals surface area (Å²) in [5.74, 6) is 0.547. The molecule has 0 saturated carbocycles. The van der Waals surface area contributed by atoms with Gasteiger partial charge in [0, 0.05) is 56.8 Å². The number of hydrogen-bond acceptors (Lipinski definition) is 6. The number of carbonyl (C=O) groups is 1. The van der Waals surface area contributed by atoms with Crippen molar-refractivity contribution in [2.24, 2.45) is 0 Å². The van der Waals surface area contributed by atoms with E-state index in [4.69, 9.17) is 11.6 Å². The fourth-order valence-electron chi connectivity index (χ4n) is 3.40. The lowest BCUT2D eigenvalue weighted by molar-refractivity contribution is -0.131. The van der Waals surface area contributed by atoms with Crippen LogP contribution in [-0.2, 0) is 14.6 Å². The van der Waals surface area contributed by atoms with E-state index >= 15 is 0 Å². The van der Waals surface area contributed by atoms with Crippen LogP contribution in [0.3, 0.4) is 0 Å². The van der Waals surface area contributed by atoms with Crippen molar-refractivity contribution < 1.29 is 13.2 Å². The van der Waals surface area contributed by atoms with E-state index in [1.54, 1.807) is 11.1 Å². The van der Waals surface area contributed by atoms with Crippen molar-refractivity contribution >= 4 is 33.2 Å². The number of amides is 1. The molecule has 0 atom stereocenters. The third-order valence-corrected chi connectivity index (χ3v) is 6.20. The molecule has 1 aliphatic heterocycles. The molecule has 2 aromatic rings. The fraction of sp³-hybridized carbons (Fsp3) is 0.450. The van der Waals surface area contributed by atoms with Crippen LogP contribution in [0.5, 0.6) is 0 Å². The molecule has 1 aliphatic rings. The second-order valence-corrected chi connectivity index (χ2v) is 10.1.